The number of aromatic nitrogens is 1. The molecule has 0 aromatic carbocycles. The van der Waals surface area contributed by atoms with Crippen LogP contribution in [0.2, 0.25) is 0 Å². The smallest absolute Gasteiger partial charge is 0.245 e. The molecule has 0 aliphatic rings. The van der Waals surface area contributed by atoms with Crippen LogP contribution in [-0.2, 0) is 9.59 Å². The van der Waals surface area contributed by atoms with Gasteiger partial charge in [-0.05, 0) is 36.5 Å². The zero-order chi connectivity index (χ0) is 20.8. The van der Waals surface area contributed by atoms with E-state index in [1.54, 1.807) is 18.5 Å². The van der Waals surface area contributed by atoms with Crippen molar-refractivity contribution in [1.29, 1.82) is 0 Å². The molecule has 1 rings (SSSR count). The molecule has 0 spiro atoms. The molecule has 1 heterocycles. The molecule has 1 N–H and O–H groups in total. The van der Waals surface area contributed by atoms with Crippen LogP contribution >= 0.6 is 0 Å². The van der Waals surface area contributed by atoms with Crippen molar-refractivity contribution >= 4 is 17.9 Å². The van der Waals surface area contributed by atoms with Crippen LogP contribution in [0.15, 0.2) is 30.6 Å². The molecule has 0 unspecified atom stereocenters. The Kier molecular flexibility index (Phi) is 11.9. The van der Waals surface area contributed by atoms with Crippen molar-refractivity contribution in [2.45, 2.75) is 72.3 Å². The third-order valence-corrected chi connectivity index (χ3v) is 4.72. The van der Waals surface area contributed by atoms with Gasteiger partial charge in [0.05, 0.1) is 0 Å². The molecule has 5 nitrogen and oxygen atoms in total. The van der Waals surface area contributed by atoms with Gasteiger partial charge in [0.25, 0.3) is 0 Å². The maximum Gasteiger partial charge on any atom is 0.245 e. The molecule has 156 valence electrons. The summed E-state index contributed by atoms with van der Waals surface area (Å²) in [5, 5.41) is 2.91. The van der Waals surface area contributed by atoms with Gasteiger partial charge >= 0.3 is 0 Å². The summed E-state index contributed by atoms with van der Waals surface area (Å²) in [6.07, 6.45) is 13.1. The average molecular weight is 388 g/mol. The summed E-state index contributed by atoms with van der Waals surface area (Å²) in [7, 11) is 0. The Morgan fingerprint density at radius 3 is 2.25 bits per heavy atom. The first-order chi connectivity index (χ1) is 13.5. The van der Waals surface area contributed by atoms with Gasteiger partial charge < -0.3 is 10.2 Å². The maximum atomic E-state index is 13.2. The summed E-state index contributed by atoms with van der Waals surface area (Å²) < 4.78 is 0. The topological polar surface area (TPSA) is 62.3 Å². The van der Waals surface area contributed by atoms with E-state index in [0.29, 0.717) is 0 Å². The van der Waals surface area contributed by atoms with E-state index in [-0.39, 0.29) is 17.7 Å². The third kappa shape index (κ3) is 9.16. The second kappa shape index (κ2) is 13.9. The fraction of sp³-hybridized carbons (Fsp3) is 0.609. The SMILES string of the molecule is CCCCCN(CCCCC)C(=O)[C@H](NC(=O)C=Cc1cccnc1)C(C)C. The number of hydrogen-bond donors (Lipinski definition) is 1. The predicted molar refractivity (Wildman–Crippen MR) is 116 cm³/mol. The van der Waals surface area contributed by atoms with Crippen LogP contribution < -0.4 is 5.32 Å². The lowest BCUT2D eigenvalue weighted by molar-refractivity contribution is -0.137. The van der Waals surface area contributed by atoms with Crippen molar-refractivity contribution in [2.24, 2.45) is 5.92 Å². The Bertz CT molecular complexity index is 589. The van der Waals surface area contributed by atoms with Crippen LogP contribution in [0, 0.1) is 5.92 Å². The summed E-state index contributed by atoms with van der Waals surface area (Å²) in [5.41, 5.74) is 0.853. The highest BCUT2D eigenvalue weighted by atomic mass is 16.2. The number of rotatable bonds is 13. The van der Waals surface area contributed by atoms with E-state index in [2.05, 4.69) is 24.1 Å². The number of pyridine rings is 1. The van der Waals surface area contributed by atoms with Crippen molar-refractivity contribution in [1.82, 2.24) is 15.2 Å². The number of amides is 2. The molecular weight excluding hydrogens is 350 g/mol. The molecule has 5 heteroatoms. The van der Waals surface area contributed by atoms with Crippen molar-refractivity contribution < 1.29 is 9.59 Å². The monoisotopic (exact) mass is 387 g/mol. The van der Waals surface area contributed by atoms with Gasteiger partial charge in [0, 0.05) is 31.6 Å². The first-order valence-electron chi connectivity index (χ1n) is 10.7. The molecule has 1 aromatic heterocycles. The Labute approximate surface area is 170 Å². The van der Waals surface area contributed by atoms with Crippen molar-refractivity contribution in [3.63, 3.8) is 0 Å². The van der Waals surface area contributed by atoms with Gasteiger partial charge in [0.1, 0.15) is 6.04 Å². The van der Waals surface area contributed by atoms with E-state index in [0.717, 1.165) is 57.2 Å². The van der Waals surface area contributed by atoms with Gasteiger partial charge in [0.2, 0.25) is 11.8 Å². The van der Waals surface area contributed by atoms with E-state index in [1.807, 2.05) is 30.9 Å². The fourth-order valence-electron chi connectivity index (χ4n) is 3.00. The molecule has 0 fully saturated rings. The number of hydrogen-bond acceptors (Lipinski definition) is 3. The molecule has 28 heavy (non-hydrogen) atoms. The van der Waals surface area contributed by atoms with Gasteiger partial charge in [0.15, 0.2) is 0 Å². The van der Waals surface area contributed by atoms with Crippen LogP contribution in [-0.4, -0.2) is 40.8 Å². The lowest BCUT2D eigenvalue weighted by atomic mass is 10.0. The Balaban J connectivity index is 2.76. The molecular formula is C23H37N3O2. The van der Waals surface area contributed by atoms with Crippen LogP contribution in [0.5, 0.6) is 0 Å². The van der Waals surface area contributed by atoms with Crippen LogP contribution in [0.3, 0.4) is 0 Å². The number of carbonyl (C=O) groups excluding carboxylic acids is 2. The summed E-state index contributed by atoms with van der Waals surface area (Å²) in [6.45, 7) is 9.81. The largest absolute Gasteiger partial charge is 0.341 e. The van der Waals surface area contributed by atoms with Crippen LogP contribution in [0.25, 0.3) is 6.08 Å². The minimum atomic E-state index is -0.505. The molecule has 2 amide bonds. The minimum Gasteiger partial charge on any atom is -0.341 e. The summed E-state index contributed by atoms with van der Waals surface area (Å²) in [6, 6.07) is 3.20. The Morgan fingerprint density at radius 1 is 1.11 bits per heavy atom. The molecule has 0 saturated carbocycles. The molecule has 1 aromatic rings. The Morgan fingerprint density at radius 2 is 1.75 bits per heavy atom. The molecule has 0 aliphatic heterocycles. The second-order valence-electron chi connectivity index (χ2n) is 7.59. The fourth-order valence-corrected chi connectivity index (χ4v) is 3.00. The normalized spacial score (nSPS) is 12.3. The number of nitrogens with one attached hydrogen (secondary N) is 1. The summed E-state index contributed by atoms with van der Waals surface area (Å²) in [4.78, 5) is 31.5. The molecule has 0 aliphatic carbocycles. The first-order valence-corrected chi connectivity index (χ1v) is 10.7. The highest BCUT2D eigenvalue weighted by molar-refractivity contribution is 5.95. The molecule has 0 bridgehead atoms. The minimum absolute atomic E-state index is 0.0306. The predicted octanol–water partition coefficient (Wildman–Crippen LogP) is 4.44. The molecule has 1 atom stereocenters. The number of nitrogens with zero attached hydrogens (tertiary/aromatic N) is 2. The lowest BCUT2D eigenvalue weighted by Gasteiger charge is -2.30. The molecule has 0 radical (unpaired) electrons. The van der Waals surface area contributed by atoms with Crippen molar-refractivity contribution in [2.75, 3.05) is 13.1 Å². The number of carbonyl (C=O) groups is 2. The number of unbranched alkanes of at least 4 members (excludes halogenated alkanes) is 4. The zero-order valence-electron chi connectivity index (χ0n) is 18.0. The summed E-state index contributed by atoms with van der Waals surface area (Å²) >= 11 is 0. The lowest BCUT2D eigenvalue weighted by Crippen LogP contribution is -2.51. The van der Waals surface area contributed by atoms with E-state index in [4.69, 9.17) is 0 Å². The highest BCUT2D eigenvalue weighted by Gasteiger charge is 2.27. The first kappa shape index (κ1) is 23.9. The van der Waals surface area contributed by atoms with E-state index in [1.165, 1.54) is 6.08 Å². The van der Waals surface area contributed by atoms with Crippen molar-refractivity contribution in [3.05, 3.63) is 36.2 Å². The maximum absolute atomic E-state index is 13.2. The van der Waals surface area contributed by atoms with Crippen LogP contribution in [0.4, 0.5) is 0 Å². The zero-order valence-corrected chi connectivity index (χ0v) is 18.0. The van der Waals surface area contributed by atoms with Crippen molar-refractivity contribution in [3.8, 4) is 0 Å². The summed E-state index contributed by atoms with van der Waals surface area (Å²) in [5.74, 6) is -0.189. The molecule has 0 saturated heterocycles. The average Bonchev–Trinajstić information content (AvgIpc) is 2.69. The Hall–Kier alpha value is -2.17. The van der Waals surface area contributed by atoms with E-state index < -0.39 is 6.04 Å². The quantitative estimate of drug-likeness (QED) is 0.402. The van der Waals surface area contributed by atoms with Gasteiger partial charge in [-0.15, -0.1) is 0 Å². The second-order valence-corrected chi connectivity index (χ2v) is 7.59. The van der Waals surface area contributed by atoms with Gasteiger partial charge in [-0.25, -0.2) is 0 Å². The third-order valence-electron chi connectivity index (χ3n) is 4.72. The van der Waals surface area contributed by atoms with Gasteiger partial charge in [-0.1, -0.05) is 59.4 Å². The van der Waals surface area contributed by atoms with Crippen LogP contribution in [0.1, 0.15) is 71.8 Å². The van der Waals surface area contributed by atoms with E-state index in [9.17, 15) is 9.59 Å². The van der Waals surface area contributed by atoms with E-state index >= 15 is 0 Å². The van der Waals surface area contributed by atoms with Gasteiger partial charge in [-0.3, -0.25) is 14.6 Å². The van der Waals surface area contributed by atoms with Gasteiger partial charge in [-0.2, -0.15) is 0 Å². The standard InChI is InChI=1S/C23H37N3O2/c1-5-7-9-16-26(17-10-8-6-2)23(28)22(19(3)4)25-21(27)14-13-20-12-11-15-24-18-20/h11-15,18-19,22H,5-10,16-17H2,1-4H3,(H,25,27)/t22-/m1/s1. The highest BCUT2D eigenvalue weighted by Crippen LogP contribution is 2.11.